The van der Waals surface area contributed by atoms with Crippen molar-refractivity contribution in [2.45, 2.75) is 0 Å². The number of amides is 2. The Balaban J connectivity index is 1.97. The van der Waals surface area contributed by atoms with Gasteiger partial charge >= 0.3 is 6.03 Å². The summed E-state index contributed by atoms with van der Waals surface area (Å²) in [5.41, 5.74) is 3.09. The minimum atomic E-state index is -0.531. The highest BCUT2D eigenvalue weighted by molar-refractivity contribution is 5.91. The molecule has 0 aliphatic heterocycles. The maximum Gasteiger partial charge on any atom is 0.339 e. The summed E-state index contributed by atoms with van der Waals surface area (Å²) in [6.45, 7) is 0. The maximum absolute atomic E-state index is 11.6. The Labute approximate surface area is 120 Å². The first-order chi connectivity index (χ1) is 10.2. The van der Waals surface area contributed by atoms with Gasteiger partial charge in [0.2, 0.25) is 0 Å². The summed E-state index contributed by atoms with van der Waals surface area (Å²) < 4.78 is 0. The second-order valence-electron chi connectivity index (χ2n) is 4.01. The molecule has 0 fully saturated rings. The van der Waals surface area contributed by atoms with Crippen LogP contribution in [0.2, 0.25) is 0 Å². The fourth-order valence-electron chi connectivity index (χ4n) is 1.60. The standard InChI is InChI=1S/C14H12N4O3/c19-14(16-12-7-2-1-3-8-12)17-15-10-11-6-4-5-9-13(11)18(20)21/h1-10H,(H2,16,17,19)/b15-10-. The van der Waals surface area contributed by atoms with Gasteiger partial charge in [-0.15, -0.1) is 0 Å². The minimum Gasteiger partial charge on any atom is -0.307 e. The molecule has 0 radical (unpaired) electrons. The van der Waals surface area contributed by atoms with Crippen LogP contribution in [-0.2, 0) is 0 Å². The molecule has 0 spiro atoms. The number of nitrogens with zero attached hydrogens (tertiary/aromatic N) is 2. The fraction of sp³-hybridized carbons (Fsp3) is 0. The topological polar surface area (TPSA) is 96.6 Å². The van der Waals surface area contributed by atoms with Crippen LogP contribution in [0.1, 0.15) is 5.56 Å². The monoisotopic (exact) mass is 284 g/mol. The van der Waals surface area contributed by atoms with E-state index in [0.717, 1.165) is 0 Å². The zero-order valence-corrected chi connectivity index (χ0v) is 10.9. The molecule has 21 heavy (non-hydrogen) atoms. The molecule has 2 aromatic rings. The van der Waals surface area contributed by atoms with Gasteiger partial charge < -0.3 is 5.32 Å². The summed E-state index contributed by atoms with van der Waals surface area (Å²) >= 11 is 0. The maximum atomic E-state index is 11.6. The first kappa shape index (κ1) is 14.2. The number of carbonyl (C=O) groups excluding carboxylic acids is 1. The molecular weight excluding hydrogens is 272 g/mol. The van der Waals surface area contributed by atoms with Crippen molar-refractivity contribution in [3.05, 3.63) is 70.3 Å². The van der Waals surface area contributed by atoms with Crippen LogP contribution in [0.3, 0.4) is 0 Å². The van der Waals surface area contributed by atoms with Gasteiger partial charge in [-0.05, 0) is 18.2 Å². The zero-order valence-electron chi connectivity index (χ0n) is 10.9. The van der Waals surface area contributed by atoms with Crippen molar-refractivity contribution in [1.29, 1.82) is 0 Å². The van der Waals surface area contributed by atoms with Crippen molar-refractivity contribution in [2.24, 2.45) is 5.10 Å². The number of carbonyl (C=O) groups is 1. The van der Waals surface area contributed by atoms with Gasteiger partial charge in [0.15, 0.2) is 0 Å². The summed E-state index contributed by atoms with van der Waals surface area (Å²) in [7, 11) is 0. The van der Waals surface area contributed by atoms with Gasteiger partial charge in [0.25, 0.3) is 5.69 Å². The molecule has 0 bridgehead atoms. The predicted octanol–water partition coefficient (Wildman–Crippen LogP) is 2.75. The molecule has 106 valence electrons. The molecule has 2 amide bonds. The lowest BCUT2D eigenvalue weighted by Crippen LogP contribution is -2.24. The Morgan fingerprint density at radius 1 is 1.10 bits per heavy atom. The zero-order chi connectivity index (χ0) is 15.1. The van der Waals surface area contributed by atoms with Crippen molar-refractivity contribution in [3.8, 4) is 0 Å². The molecule has 0 aliphatic rings. The predicted molar refractivity (Wildman–Crippen MR) is 79.3 cm³/mol. The lowest BCUT2D eigenvalue weighted by molar-refractivity contribution is -0.385. The van der Waals surface area contributed by atoms with E-state index in [1.807, 2.05) is 6.07 Å². The number of anilines is 1. The van der Waals surface area contributed by atoms with Crippen LogP contribution in [0.15, 0.2) is 59.7 Å². The van der Waals surface area contributed by atoms with E-state index in [2.05, 4.69) is 15.8 Å². The first-order valence-electron chi connectivity index (χ1n) is 6.05. The van der Waals surface area contributed by atoms with Crippen LogP contribution in [0.25, 0.3) is 0 Å². The molecule has 7 heteroatoms. The summed E-state index contributed by atoms with van der Waals surface area (Å²) in [4.78, 5) is 21.8. The van der Waals surface area contributed by atoms with E-state index in [0.29, 0.717) is 11.3 Å². The van der Waals surface area contributed by atoms with Gasteiger partial charge in [0.1, 0.15) is 0 Å². The average Bonchev–Trinajstić information content (AvgIpc) is 2.48. The third-order valence-corrected chi connectivity index (χ3v) is 2.53. The number of nitro benzene ring substituents is 1. The van der Waals surface area contributed by atoms with Crippen LogP contribution in [0, 0.1) is 10.1 Å². The minimum absolute atomic E-state index is 0.0773. The molecule has 0 aliphatic carbocycles. The Bertz CT molecular complexity index is 671. The van der Waals surface area contributed by atoms with Gasteiger partial charge in [-0.25, -0.2) is 10.2 Å². The van der Waals surface area contributed by atoms with Crippen LogP contribution in [-0.4, -0.2) is 17.2 Å². The Kier molecular flexibility index (Phi) is 4.60. The number of nitrogens with one attached hydrogen (secondary N) is 2. The molecule has 0 heterocycles. The largest absolute Gasteiger partial charge is 0.339 e. The van der Waals surface area contributed by atoms with E-state index in [-0.39, 0.29) is 5.69 Å². The highest BCUT2D eigenvalue weighted by atomic mass is 16.6. The smallest absolute Gasteiger partial charge is 0.307 e. The number of hydrogen-bond acceptors (Lipinski definition) is 4. The van der Waals surface area contributed by atoms with Gasteiger partial charge in [-0.2, -0.15) is 5.10 Å². The van der Waals surface area contributed by atoms with Crippen molar-refractivity contribution < 1.29 is 9.72 Å². The van der Waals surface area contributed by atoms with Crippen LogP contribution >= 0.6 is 0 Å². The van der Waals surface area contributed by atoms with Crippen LogP contribution < -0.4 is 10.7 Å². The number of urea groups is 1. The third-order valence-electron chi connectivity index (χ3n) is 2.53. The normalized spacial score (nSPS) is 10.3. The molecular formula is C14H12N4O3. The van der Waals surface area contributed by atoms with Crippen LogP contribution in [0.5, 0.6) is 0 Å². The first-order valence-corrected chi connectivity index (χ1v) is 6.05. The second kappa shape index (κ2) is 6.80. The lowest BCUT2D eigenvalue weighted by atomic mass is 10.2. The van der Waals surface area contributed by atoms with Gasteiger partial charge in [0, 0.05) is 11.8 Å². The number of benzene rings is 2. The Morgan fingerprint density at radius 3 is 2.48 bits per heavy atom. The van der Waals surface area contributed by atoms with Crippen molar-refractivity contribution >= 4 is 23.6 Å². The number of rotatable bonds is 4. The molecule has 2 N–H and O–H groups in total. The lowest BCUT2D eigenvalue weighted by Gasteiger charge is -2.03. The Hall–Kier alpha value is -3.22. The molecule has 0 unspecified atom stereocenters. The SMILES string of the molecule is O=C(N/N=C\c1ccccc1[N+](=O)[O-])Nc1ccccc1. The van der Waals surface area contributed by atoms with Crippen molar-refractivity contribution in [2.75, 3.05) is 5.32 Å². The second-order valence-corrected chi connectivity index (χ2v) is 4.01. The average molecular weight is 284 g/mol. The van der Waals surface area contributed by atoms with Gasteiger partial charge in [0.05, 0.1) is 16.7 Å². The summed E-state index contributed by atoms with van der Waals surface area (Å²) in [5, 5.41) is 17.1. The number of hydrazone groups is 1. The van der Waals surface area contributed by atoms with E-state index in [1.165, 1.54) is 12.3 Å². The number of hydrogen-bond donors (Lipinski definition) is 2. The molecule has 2 rings (SSSR count). The summed E-state index contributed by atoms with van der Waals surface area (Å²) in [5.74, 6) is 0. The number of nitro groups is 1. The summed E-state index contributed by atoms with van der Waals surface area (Å²) in [6, 6.07) is 14.4. The van der Waals surface area contributed by atoms with Crippen molar-refractivity contribution in [3.63, 3.8) is 0 Å². The molecule has 0 aromatic heterocycles. The van der Waals surface area contributed by atoms with E-state index in [1.54, 1.807) is 42.5 Å². The van der Waals surface area contributed by atoms with Crippen LogP contribution in [0.4, 0.5) is 16.2 Å². The van der Waals surface area contributed by atoms with E-state index >= 15 is 0 Å². The molecule has 0 saturated carbocycles. The van der Waals surface area contributed by atoms with Gasteiger partial charge in [-0.1, -0.05) is 30.3 Å². The molecule has 0 atom stereocenters. The molecule has 7 nitrogen and oxygen atoms in total. The molecule has 2 aromatic carbocycles. The van der Waals surface area contributed by atoms with E-state index in [4.69, 9.17) is 0 Å². The highest BCUT2D eigenvalue weighted by Gasteiger charge is 2.09. The van der Waals surface area contributed by atoms with E-state index < -0.39 is 11.0 Å². The van der Waals surface area contributed by atoms with E-state index in [9.17, 15) is 14.9 Å². The van der Waals surface area contributed by atoms with Crippen molar-refractivity contribution in [1.82, 2.24) is 5.43 Å². The number of para-hydroxylation sites is 2. The Morgan fingerprint density at radius 2 is 1.76 bits per heavy atom. The molecule has 0 saturated heterocycles. The van der Waals surface area contributed by atoms with Gasteiger partial charge in [-0.3, -0.25) is 10.1 Å². The fourth-order valence-corrected chi connectivity index (χ4v) is 1.60. The quantitative estimate of drug-likeness (QED) is 0.513. The summed E-state index contributed by atoms with van der Waals surface area (Å²) in [6.07, 6.45) is 1.22. The highest BCUT2D eigenvalue weighted by Crippen LogP contribution is 2.15. The third kappa shape index (κ3) is 4.13.